The van der Waals surface area contributed by atoms with E-state index in [1.54, 1.807) is 0 Å². The summed E-state index contributed by atoms with van der Waals surface area (Å²) in [6, 6.07) is -4.05. The molecule has 0 radical (unpaired) electrons. The highest BCUT2D eigenvalue weighted by Crippen LogP contribution is 2.02. The highest BCUT2D eigenvalue weighted by atomic mass is 16.4. The summed E-state index contributed by atoms with van der Waals surface area (Å²) in [6.45, 7) is 0.235. The molecule has 3 amide bonds. The molecule has 0 spiro atoms. The summed E-state index contributed by atoms with van der Waals surface area (Å²) >= 11 is 0. The van der Waals surface area contributed by atoms with Crippen molar-refractivity contribution < 1.29 is 34.2 Å². The second kappa shape index (κ2) is 12.9. The summed E-state index contributed by atoms with van der Waals surface area (Å²) in [5, 5.41) is 22.1. The zero-order valence-electron chi connectivity index (χ0n) is 15.7. The first kappa shape index (κ1) is 25.6. The van der Waals surface area contributed by atoms with Gasteiger partial charge in [-0.1, -0.05) is 0 Å². The molecule has 0 saturated heterocycles. The van der Waals surface area contributed by atoms with E-state index in [9.17, 15) is 24.0 Å². The van der Waals surface area contributed by atoms with Gasteiger partial charge in [-0.15, -0.1) is 0 Å². The molecule has 0 aromatic heterocycles. The Kier molecular flexibility index (Phi) is 11.4. The number of carbonyl (C=O) groups is 5. The smallest absolute Gasteiger partial charge is 0.326 e. The number of aliphatic carboxylic acids is 2. The molecule has 3 unspecified atom stereocenters. The number of nitrogens with two attached hydrogens (primary N) is 4. The number of rotatable bonds is 14. The van der Waals surface area contributed by atoms with E-state index in [0.29, 0.717) is 6.42 Å². The number of carbonyl (C=O) groups excluding carboxylic acids is 3. The van der Waals surface area contributed by atoms with Gasteiger partial charge in [0.05, 0.1) is 12.5 Å². The van der Waals surface area contributed by atoms with E-state index in [0.717, 1.165) is 0 Å². The number of hydrogen-bond acceptors (Lipinski definition) is 7. The molecule has 12 N–H and O–H groups in total. The summed E-state index contributed by atoms with van der Waals surface area (Å²) in [5.41, 5.74) is 21.1. The average Bonchev–Trinajstić information content (AvgIpc) is 2.60. The minimum absolute atomic E-state index is 0.114. The minimum Gasteiger partial charge on any atom is -0.481 e. The van der Waals surface area contributed by atoms with Crippen LogP contribution in [-0.2, 0) is 24.0 Å². The van der Waals surface area contributed by atoms with Crippen LogP contribution in [0.15, 0.2) is 4.99 Å². The van der Waals surface area contributed by atoms with Gasteiger partial charge in [-0.05, 0) is 19.3 Å². The third kappa shape index (κ3) is 11.8. The van der Waals surface area contributed by atoms with Crippen molar-refractivity contribution in [2.24, 2.45) is 27.9 Å². The molecule has 29 heavy (non-hydrogen) atoms. The van der Waals surface area contributed by atoms with E-state index in [4.69, 9.17) is 33.1 Å². The summed E-state index contributed by atoms with van der Waals surface area (Å²) in [6.07, 6.45) is -0.967. The molecule has 14 nitrogen and oxygen atoms in total. The van der Waals surface area contributed by atoms with Gasteiger partial charge in [0.15, 0.2) is 5.96 Å². The number of hydrogen-bond donors (Lipinski definition) is 8. The Hall–Kier alpha value is -3.42. The van der Waals surface area contributed by atoms with Crippen molar-refractivity contribution >= 4 is 35.6 Å². The third-order valence-electron chi connectivity index (χ3n) is 3.60. The van der Waals surface area contributed by atoms with Crippen LogP contribution >= 0.6 is 0 Å². The van der Waals surface area contributed by atoms with E-state index >= 15 is 0 Å². The number of carboxylic acids is 2. The number of amides is 3. The highest BCUT2D eigenvalue weighted by molar-refractivity contribution is 5.94. The Morgan fingerprint density at radius 3 is 1.97 bits per heavy atom. The number of guanidine groups is 1. The maximum absolute atomic E-state index is 12.3. The van der Waals surface area contributed by atoms with Gasteiger partial charge in [0.2, 0.25) is 17.7 Å². The van der Waals surface area contributed by atoms with Crippen LogP contribution in [0.25, 0.3) is 0 Å². The van der Waals surface area contributed by atoms with Gasteiger partial charge < -0.3 is 43.8 Å². The van der Waals surface area contributed by atoms with Crippen LogP contribution in [0.3, 0.4) is 0 Å². The Labute approximate surface area is 166 Å². The predicted molar refractivity (Wildman–Crippen MR) is 100 cm³/mol. The van der Waals surface area contributed by atoms with Crippen molar-refractivity contribution in [1.82, 2.24) is 10.6 Å². The zero-order valence-corrected chi connectivity index (χ0v) is 15.7. The summed E-state index contributed by atoms with van der Waals surface area (Å²) in [5.74, 6) is -5.54. The van der Waals surface area contributed by atoms with Crippen molar-refractivity contribution in [3.8, 4) is 0 Å². The molecule has 3 atom stereocenters. The lowest BCUT2D eigenvalue weighted by Crippen LogP contribution is -2.55. The molecule has 0 fully saturated rings. The maximum atomic E-state index is 12.3. The molecule has 0 heterocycles. The van der Waals surface area contributed by atoms with Crippen LogP contribution in [0.1, 0.15) is 32.1 Å². The summed E-state index contributed by atoms with van der Waals surface area (Å²) < 4.78 is 0. The standard InChI is InChI=1S/C15H27N7O7/c16-7(2-1-5-20-15(18)19)12(26)22-9(6-10(17)23)13(27)21-8(14(28)29)3-4-11(24)25/h7-9H,1-6,16H2,(H2,17,23)(H,21,27)(H,22,26)(H,24,25)(H,28,29)(H4,18,19,20). The van der Waals surface area contributed by atoms with Gasteiger partial charge in [0.25, 0.3) is 0 Å². The van der Waals surface area contributed by atoms with Crippen LogP contribution in [-0.4, -0.2) is 70.5 Å². The van der Waals surface area contributed by atoms with E-state index in [1.165, 1.54) is 0 Å². The Morgan fingerprint density at radius 1 is 0.897 bits per heavy atom. The van der Waals surface area contributed by atoms with Crippen molar-refractivity contribution in [2.45, 2.75) is 50.2 Å². The van der Waals surface area contributed by atoms with Gasteiger partial charge >= 0.3 is 11.9 Å². The Morgan fingerprint density at radius 2 is 1.48 bits per heavy atom. The average molecular weight is 417 g/mol. The molecule has 0 rings (SSSR count). The lowest BCUT2D eigenvalue weighted by atomic mass is 10.1. The number of aliphatic imine (C=N–C) groups is 1. The van der Waals surface area contributed by atoms with Crippen molar-refractivity contribution in [2.75, 3.05) is 6.54 Å². The molecule has 0 saturated carbocycles. The van der Waals surface area contributed by atoms with Crippen LogP contribution < -0.4 is 33.6 Å². The molecular formula is C15H27N7O7. The maximum Gasteiger partial charge on any atom is 0.326 e. The molecule has 0 aromatic carbocycles. The van der Waals surface area contributed by atoms with Crippen LogP contribution in [0.5, 0.6) is 0 Å². The number of nitrogens with zero attached hydrogens (tertiary/aromatic N) is 1. The highest BCUT2D eigenvalue weighted by Gasteiger charge is 2.29. The van der Waals surface area contributed by atoms with Gasteiger partial charge in [-0.3, -0.25) is 24.2 Å². The Bertz CT molecular complexity index is 649. The first-order valence-corrected chi connectivity index (χ1v) is 8.58. The first-order chi connectivity index (χ1) is 13.4. The largest absolute Gasteiger partial charge is 0.481 e. The van der Waals surface area contributed by atoms with Crippen LogP contribution in [0.2, 0.25) is 0 Å². The molecule has 0 aliphatic rings. The van der Waals surface area contributed by atoms with Gasteiger partial charge in [-0.25, -0.2) is 4.79 Å². The quantitative estimate of drug-likeness (QED) is 0.0774. The lowest BCUT2D eigenvalue weighted by Gasteiger charge is -2.22. The second-order valence-corrected chi connectivity index (χ2v) is 6.12. The fourth-order valence-corrected chi connectivity index (χ4v) is 2.14. The topological polar surface area (TPSA) is 266 Å². The van der Waals surface area contributed by atoms with E-state index in [1.807, 2.05) is 0 Å². The zero-order chi connectivity index (χ0) is 22.6. The molecule has 0 aliphatic carbocycles. The van der Waals surface area contributed by atoms with Gasteiger partial charge in [0.1, 0.15) is 12.1 Å². The van der Waals surface area contributed by atoms with E-state index in [-0.39, 0.29) is 18.9 Å². The van der Waals surface area contributed by atoms with Crippen LogP contribution in [0.4, 0.5) is 0 Å². The molecule has 0 aliphatic heterocycles. The van der Waals surface area contributed by atoms with Crippen molar-refractivity contribution in [1.29, 1.82) is 0 Å². The fraction of sp³-hybridized carbons (Fsp3) is 0.600. The monoisotopic (exact) mass is 417 g/mol. The molecule has 14 heteroatoms. The number of nitrogens with one attached hydrogen (secondary N) is 2. The van der Waals surface area contributed by atoms with Crippen molar-refractivity contribution in [3.05, 3.63) is 0 Å². The first-order valence-electron chi connectivity index (χ1n) is 8.58. The van der Waals surface area contributed by atoms with E-state index in [2.05, 4.69) is 15.6 Å². The number of primary amides is 1. The fourth-order valence-electron chi connectivity index (χ4n) is 2.14. The predicted octanol–water partition coefficient (Wildman–Crippen LogP) is -3.84. The summed E-state index contributed by atoms with van der Waals surface area (Å²) in [4.78, 5) is 61.2. The van der Waals surface area contributed by atoms with E-state index < -0.39 is 67.0 Å². The normalized spacial score (nSPS) is 13.4. The van der Waals surface area contributed by atoms with Gasteiger partial charge in [0, 0.05) is 13.0 Å². The third-order valence-corrected chi connectivity index (χ3v) is 3.60. The molecular weight excluding hydrogens is 390 g/mol. The molecule has 164 valence electrons. The molecule has 0 aromatic rings. The second-order valence-electron chi connectivity index (χ2n) is 6.12. The lowest BCUT2D eigenvalue weighted by molar-refractivity contribution is -0.143. The van der Waals surface area contributed by atoms with Crippen molar-refractivity contribution in [3.63, 3.8) is 0 Å². The SMILES string of the molecule is NC(=O)CC(NC(=O)C(N)CCCN=C(N)N)C(=O)NC(CCC(=O)O)C(=O)O. The van der Waals surface area contributed by atoms with Crippen LogP contribution in [0, 0.1) is 0 Å². The summed E-state index contributed by atoms with van der Waals surface area (Å²) in [7, 11) is 0. The van der Waals surface area contributed by atoms with Gasteiger partial charge in [-0.2, -0.15) is 0 Å². The Balaban J connectivity index is 4.95. The minimum atomic E-state index is -1.53. The molecule has 0 bridgehead atoms. The number of carboxylic acid groups (broad SMARTS) is 2.